The van der Waals surface area contributed by atoms with E-state index in [2.05, 4.69) is 10.1 Å². The van der Waals surface area contributed by atoms with Gasteiger partial charge in [0, 0.05) is 18.4 Å². The number of hydrogen-bond acceptors (Lipinski definition) is 4. The summed E-state index contributed by atoms with van der Waals surface area (Å²) in [5.74, 6) is -0.328. The van der Waals surface area contributed by atoms with Gasteiger partial charge in [-0.2, -0.15) is 0 Å². The Morgan fingerprint density at radius 1 is 1.67 bits per heavy atom. The first-order chi connectivity index (χ1) is 8.47. The van der Waals surface area contributed by atoms with E-state index in [4.69, 9.17) is 22.5 Å². The van der Waals surface area contributed by atoms with Crippen molar-refractivity contribution in [3.05, 3.63) is 29.0 Å². The van der Waals surface area contributed by atoms with Crippen molar-refractivity contribution in [2.45, 2.75) is 19.9 Å². The third-order valence-electron chi connectivity index (χ3n) is 2.35. The SMILES string of the molecule is CC(C)N(CC(N)=NO)C(=O)c1ccncc1Cl. The van der Waals surface area contributed by atoms with Crippen molar-refractivity contribution >= 4 is 23.3 Å². The summed E-state index contributed by atoms with van der Waals surface area (Å²) in [5.41, 5.74) is 5.77. The maximum atomic E-state index is 12.3. The quantitative estimate of drug-likeness (QED) is 0.374. The second-order valence-electron chi connectivity index (χ2n) is 3.97. The number of aromatic nitrogens is 1. The fourth-order valence-corrected chi connectivity index (χ4v) is 1.60. The lowest BCUT2D eigenvalue weighted by molar-refractivity contribution is 0.0734. The molecule has 0 fully saturated rings. The van der Waals surface area contributed by atoms with E-state index in [-0.39, 0.29) is 29.4 Å². The molecule has 3 N–H and O–H groups in total. The number of halogens is 1. The topological polar surface area (TPSA) is 91.8 Å². The van der Waals surface area contributed by atoms with Gasteiger partial charge in [0.15, 0.2) is 5.84 Å². The van der Waals surface area contributed by atoms with E-state index in [1.807, 2.05) is 13.8 Å². The molecule has 0 radical (unpaired) electrons. The lowest BCUT2D eigenvalue weighted by atomic mass is 10.2. The van der Waals surface area contributed by atoms with Crippen molar-refractivity contribution in [2.75, 3.05) is 6.54 Å². The zero-order valence-electron chi connectivity index (χ0n) is 10.2. The molecule has 98 valence electrons. The average molecular weight is 271 g/mol. The van der Waals surface area contributed by atoms with Gasteiger partial charge < -0.3 is 15.8 Å². The summed E-state index contributed by atoms with van der Waals surface area (Å²) in [6.07, 6.45) is 2.89. The van der Waals surface area contributed by atoms with Crippen LogP contribution in [0.25, 0.3) is 0 Å². The van der Waals surface area contributed by atoms with Crippen molar-refractivity contribution in [3.8, 4) is 0 Å². The highest BCUT2D eigenvalue weighted by atomic mass is 35.5. The standard InChI is InChI=1S/C11H15ClN4O2/c1-7(2)16(6-10(13)15-18)11(17)8-3-4-14-5-9(8)12/h3-5,7,18H,6H2,1-2H3,(H2,13,15). The Labute approximate surface area is 110 Å². The number of hydrogen-bond donors (Lipinski definition) is 2. The number of nitrogens with zero attached hydrogens (tertiary/aromatic N) is 3. The number of amidine groups is 1. The molecule has 7 heteroatoms. The normalized spacial score (nSPS) is 11.7. The maximum absolute atomic E-state index is 12.3. The predicted octanol–water partition coefficient (Wildman–Crippen LogP) is 1.33. The van der Waals surface area contributed by atoms with E-state index in [0.29, 0.717) is 5.56 Å². The van der Waals surface area contributed by atoms with Crippen LogP contribution in [0.5, 0.6) is 0 Å². The Hall–Kier alpha value is -1.82. The molecule has 0 aliphatic rings. The summed E-state index contributed by atoms with van der Waals surface area (Å²) >= 11 is 5.92. The molecule has 0 unspecified atom stereocenters. The predicted molar refractivity (Wildman–Crippen MR) is 68.8 cm³/mol. The number of nitrogens with two attached hydrogens (primary N) is 1. The molecule has 0 saturated heterocycles. The number of carbonyl (C=O) groups excluding carboxylic acids is 1. The van der Waals surface area contributed by atoms with Gasteiger partial charge in [0.05, 0.1) is 17.1 Å². The highest BCUT2D eigenvalue weighted by Crippen LogP contribution is 2.17. The molecule has 1 heterocycles. The Balaban J connectivity index is 3.01. The van der Waals surface area contributed by atoms with E-state index < -0.39 is 0 Å². The summed E-state index contributed by atoms with van der Waals surface area (Å²) < 4.78 is 0. The van der Waals surface area contributed by atoms with E-state index in [1.165, 1.54) is 23.4 Å². The molecule has 0 aliphatic carbocycles. The minimum Gasteiger partial charge on any atom is -0.409 e. The number of carbonyl (C=O) groups is 1. The van der Waals surface area contributed by atoms with Crippen LogP contribution in [0.15, 0.2) is 23.6 Å². The number of pyridine rings is 1. The first-order valence-electron chi connectivity index (χ1n) is 5.34. The molecule has 1 amide bonds. The van der Waals surface area contributed by atoms with Crippen LogP contribution in [0, 0.1) is 0 Å². The minimum absolute atomic E-state index is 0.0334. The summed E-state index contributed by atoms with van der Waals surface area (Å²) in [7, 11) is 0. The molecule has 0 atom stereocenters. The molecule has 0 aromatic carbocycles. The first kappa shape index (κ1) is 14.2. The second-order valence-corrected chi connectivity index (χ2v) is 4.38. The van der Waals surface area contributed by atoms with Crippen LogP contribution < -0.4 is 5.73 Å². The average Bonchev–Trinajstić information content (AvgIpc) is 2.35. The smallest absolute Gasteiger partial charge is 0.256 e. The summed E-state index contributed by atoms with van der Waals surface area (Å²) in [6, 6.07) is 1.42. The molecule has 1 aromatic heterocycles. The molecular formula is C11H15ClN4O2. The molecule has 1 rings (SSSR count). The van der Waals surface area contributed by atoms with E-state index >= 15 is 0 Å². The summed E-state index contributed by atoms with van der Waals surface area (Å²) in [6.45, 7) is 3.70. The van der Waals surface area contributed by atoms with E-state index in [9.17, 15) is 4.79 Å². The van der Waals surface area contributed by atoms with Gasteiger partial charge in [-0.25, -0.2) is 0 Å². The Morgan fingerprint density at radius 3 is 2.83 bits per heavy atom. The molecule has 0 bridgehead atoms. The largest absolute Gasteiger partial charge is 0.409 e. The Kier molecular flexibility index (Phi) is 4.91. The van der Waals surface area contributed by atoms with Crippen LogP contribution in [0.2, 0.25) is 5.02 Å². The third kappa shape index (κ3) is 3.33. The summed E-state index contributed by atoms with van der Waals surface area (Å²) in [4.78, 5) is 17.6. The van der Waals surface area contributed by atoms with Crippen LogP contribution in [0.4, 0.5) is 0 Å². The molecule has 0 spiro atoms. The van der Waals surface area contributed by atoms with Gasteiger partial charge in [0.25, 0.3) is 5.91 Å². The van der Waals surface area contributed by atoms with Gasteiger partial charge in [-0.05, 0) is 19.9 Å². The summed E-state index contributed by atoms with van der Waals surface area (Å²) in [5, 5.41) is 11.7. The highest BCUT2D eigenvalue weighted by Gasteiger charge is 2.21. The first-order valence-corrected chi connectivity index (χ1v) is 5.72. The Bertz CT molecular complexity index is 462. The fourth-order valence-electron chi connectivity index (χ4n) is 1.40. The zero-order valence-corrected chi connectivity index (χ0v) is 10.9. The molecule has 6 nitrogen and oxygen atoms in total. The van der Waals surface area contributed by atoms with E-state index in [1.54, 1.807) is 0 Å². The van der Waals surface area contributed by atoms with Gasteiger partial charge in [-0.15, -0.1) is 0 Å². The third-order valence-corrected chi connectivity index (χ3v) is 2.65. The number of oxime groups is 1. The van der Waals surface area contributed by atoms with Gasteiger partial charge >= 0.3 is 0 Å². The highest BCUT2D eigenvalue weighted by molar-refractivity contribution is 6.33. The van der Waals surface area contributed by atoms with Gasteiger partial charge in [0.1, 0.15) is 0 Å². The van der Waals surface area contributed by atoms with E-state index in [0.717, 1.165) is 0 Å². The van der Waals surface area contributed by atoms with Crippen molar-refractivity contribution in [1.29, 1.82) is 0 Å². The molecular weight excluding hydrogens is 256 g/mol. The van der Waals surface area contributed by atoms with Crippen LogP contribution >= 0.6 is 11.6 Å². The van der Waals surface area contributed by atoms with Crippen molar-refractivity contribution in [2.24, 2.45) is 10.9 Å². The lowest BCUT2D eigenvalue weighted by Gasteiger charge is -2.26. The molecule has 0 aliphatic heterocycles. The van der Waals surface area contributed by atoms with Crippen molar-refractivity contribution < 1.29 is 10.0 Å². The fraction of sp³-hybridized carbons (Fsp3) is 0.364. The molecule has 0 saturated carbocycles. The van der Waals surface area contributed by atoms with Gasteiger partial charge in [0.2, 0.25) is 0 Å². The van der Waals surface area contributed by atoms with Crippen LogP contribution in [0.1, 0.15) is 24.2 Å². The monoisotopic (exact) mass is 270 g/mol. The zero-order chi connectivity index (χ0) is 13.7. The Morgan fingerprint density at radius 2 is 2.33 bits per heavy atom. The minimum atomic E-state index is -0.288. The van der Waals surface area contributed by atoms with Crippen LogP contribution in [-0.2, 0) is 0 Å². The number of rotatable bonds is 4. The molecule has 18 heavy (non-hydrogen) atoms. The van der Waals surface area contributed by atoms with Gasteiger partial charge in [-0.1, -0.05) is 16.8 Å². The lowest BCUT2D eigenvalue weighted by Crippen LogP contribution is -2.43. The van der Waals surface area contributed by atoms with Crippen molar-refractivity contribution in [3.63, 3.8) is 0 Å². The molecule has 1 aromatic rings. The van der Waals surface area contributed by atoms with Crippen LogP contribution in [0.3, 0.4) is 0 Å². The number of amides is 1. The van der Waals surface area contributed by atoms with Crippen LogP contribution in [-0.4, -0.2) is 39.4 Å². The van der Waals surface area contributed by atoms with Gasteiger partial charge in [-0.3, -0.25) is 9.78 Å². The second kappa shape index (κ2) is 6.20. The maximum Gasteiger partial charge on any atom is 0.256 e. The van der Waals surface area contributed by atoms with Crippen molar-refractivity contribution in [1.82, 2.24) is 9.88 Å².